The molecule has 2 aromatic carbocycles. The van der Waals surface area contributed by atoms with Crippen LogP contribution >= 0.6 is 0 Å². The molecule has 1 aliphatic heterocycles. The number of fused-ring (bicyclic) bond motifs is 3. The van der Waals surface area contributed by atoms with Gasteiger partial charge in [0.05, 0.1) is 11.3 Å². The van der Waals surface area contributed by atoms with Gasteiger partial charge in [-0.1, -0.05) is 54.6 Å². The summed E-state index contributed by atoms with van der Waals surface area (Å²) in [6.45, 7) is 0.506. The van der Waals surface area contributed by atoms with Gasteiger partial charge in [-0.15, -0.1) is 0 Å². The van der Waals surface area contributed by atoms with Gasteiger partial charge in [-0.2, -0.15) is 0 Å². The van der Waals surface area contributed by atoms with Crippen molar-refractivity contribution >= 4 is 11.8 Å². The largest absolute Gasteiger partial charge is 0.282 e. The Balaban J connectivity index is 1.45. The lowest BCUT2D eigenvalue weighted by Crippen LogP contribution is -2.45. The van der Waals surface area contributed by atoms with Gasteiger partial charge in [0.25, 0.3) is 0 Å². The third-order valence-corrected chi connectivity index (χ3v) is 6.78. The van der Waals surface area contributed by atoms with Crippen LogP contribution in [-0.4, -0.2) is 23.3 Å². The fourth-order valence-electron chi connectivity index (χ4n) is 5.55. The van der Waals surface area contributed by atoms with Crippen LogP contribution in [0.5, 0.6) is 0 Å². The molecule has 26 heavy (non-hydrogen) atoms. The Labute approximate surface area is 154 Å². The van der Waals surface area contributed by atoms with E-state index in [2.05, 4.69) is 36.4 Å². The maximum Gasteiger partial charge on any atom is 0.236 e. The third-order valence-electron chi connectivity index (χ3n) is 6.78. The van der Waals surface area contributed by atoms with Crippen LogP contribution in [0.2, 0.25) is 0 Å². The second-order valence-corrected chi connectivity index (χ2v) is 8.09. The second kappa shape index (κ2) is 5.80. The summed E-state index contributed by atoms with van der Waals surface area (Å²) in [6.07, 6.45) is 4.19. The molecule has 1 saturated heterocycles. The van der Waals surface area contributed by atoms with Crippen LogP contribution in [0.25, 0.3) is 0 Å². The molecule has 0 radical (unpaired) electrons. The molecule has 3 nitrogen and oxygen atoms in total. The molecule has 2 aliphatic carbocycles. The Morgan fingerprint density at radius 1 is 0.962 bits per heavy atom. The summed E-state index contributed by atoms with van der Waals surface area (Å²) < 4.78 is 0. The van der Waals surface area contributed by atoms with E-state index >= 15 is 0 Å². The van der Waals surface area contributed by atoms with Gasteiger partial charge >= 0.3 is 0 Å². The van der Waals surface area contributed by atoms with Gasteiger partial charge in [-0.3, -0.25) is 14.5 Å². The number of nitrogens with zero attached hydrogens (tertiary/aromatic N) is 1. The van der Waals surface area contributed by atoms with E-state index in [1.165, 1.54) is 16.7 Å². The number of carbonyl (C=O) groups is 2. The Hall–Kier alpha value is -2.42. The van der Waals surface area contributed by atoms with Gasteiger partial charge in [-0.05, 0) is 54.7 Å². The first-order valence-corrected chi connectivity index (χ1v) is 9.66. The first-order valence-electron chi connectivity index (χ1n) is 9.66. The summed E-state index contributed by atoms with van der Waals surface area (Å²) in [5.41, 5.74) is 3.37. The molecule has 5 rings (SSSR count). The molecule has 0 unspecified atom stereocenters. The van der Waals surface area contributed by atoms with E-state index in [4.69, 9.17) is 0 Å². The maximum absolute atomic E-state index is 13.4. The summed E-state index contributed by atoms with van der Waals surface area (Å²) in [6, 6.07) is 18.6. The van der Waals surface area contributed by atoms with Crippen molar-refractivity contribution in [3.63, 3.8) is 0 Å². The van der Waals surface area contributed by atoms with E-state index < -0.39 is 5.41 Å². The highest BCUT2D eigenvalue weighted by Crippen LogP contribution is 2.58. The van der Waals surface area contributed by atoms with Gasteiger partial charge in [0.1, 0.15) is 0 Å². The van der Waals surface area contributed by atoms with E-state index in [1.807, 2.05) is 18.2 Å². The van der Waals surface area contributed by atoms with Gasteiger partial charge in [0.2, 0.25) is 11.8 Å². The Morgan fingerprint density at radius 2 is 1.73 bits per heavy atom. The molecule has 1 heterocycles. The fraction of sp³-hybridized carbons (Fsp3) is 0.391. The SMILES string of the molecule is O=C1[C@@H]2CC[C@@H]3C[C@]2(Cc2ccccc23)C(=O)N1CCc1ccccc1. The minimum atomic E-state index is -0.481. The molecule has 3 aliphatic rings. The first-order chi connectivity index (χ1) is 12.7. The van der Waals surface area contributed by atoms with Crippen molar-refractivity contribution in [2.45, 2.75) is 38.0 Å². The average molecular weight is 345 g/mol. The molecular formula is C23H23NO2. The maximum atomic E-state index is 13.4. The van der Waals surface area contributed by atoms with Crippen LogP contribution in [0.3, 0.4) is 0 Å². The fourth-order valence-corrected chi connectivity index (χ4v) is 5.55. The van der Waals surface area contributed by atoms with Crippen LogP contribution in [0.1, 0.15) is 41.9 Å². The molecule has 0 aromatic heterocycles. The zero-order valence-electron chi connectivity index (χ0n) is 14.9. The first kappa shape index (κ1) is 15.8. The standard InChI is InChI=1S/C23H23NO2/c25-21-20-11-10-18-15-23(20,14-17-8-4-5-9-19(17)18)22(26)24(21)13-12-16-6-2-1-3-7-16/h1-9,18,20H,10-15H2/t18-,20+,23+/m1/s1. The number of benzene rings is 2. The molecule has 132 valence electrons. The highest BCUT2D eigenvalue weighted by molar-refractivity contribution is 6.08. The van der Waals surface area contributed by atoms with E-state index in [9.17, 15) is 9.59 Å². The molecule has 3 heteroatoms. The number of carbonyl (C=O) groups excluding carboxylic acids is 2. The molecule has 2 bridgehead atoms. The van der Waals surface area contributed by atoms with Gasteiger partial charge in [0, 0.05) is 6.54 Å². The third kappa shape index (κ3) is 2.19. The number of hydrogen-bond donors (Lipinski definition) is 0. The number of hydrogen-bond acceptors (Lipinski definition) is 2. The van der Waals surface area contributed by atoms with Crippen molar-refractivity contribution in [3.8, 4) is 0 Å². The van der Waals surface area contributed by atoms with Crippen LogP contribution < -0.4 is 0 Å². The molecule has 1 saturated carbocycles. The molecule has 1 spiro atoms. The zero-order chi connectivity index (χ0) is 17.7. The zero-order valence-corrected chi connectivity index (χ0v) is 14.9. The number of rotatable bonds is 3. The lowest BCUT2D eigenvalue weighted by Gasteiger charge is -2.44. The average Bonchev–Trinajstić information content (AvgIpc) is 2.87. The number of imide groups is 1. The van der Waals surface area contributed by atoms with Crippen molar-refractivity contribution < 1.29 is 9.59 Å². The topological polar surface area (TPSA) is 37.4 Å². The van der Waals surface area contributed by atoms with Crippen molar-refractivity contribution in [1.82, 2.24) is 4.90 Å². The Morgan fingerprint density at radius 3 is 2.58 bits per heavy atom. The summed E-state index contributed by atoms with van der Waals surface area (Å²) in [4.78, 5) is 28.1. The smallest absolute Gasteiger partial charge is 0.236 e. The van der Waals surface area contributed by atoms with Gasteiger partial charge in [-0.25, -0.2) is 0 Å². The van der Waals surface area contributed by atoms with Crippen molar-refractivity contribution in [2.75, 3.05) is 6.54 Å². The monoisotopic (exact) mass is 345 g/mol. The van der Waals surface area contributed by atoms with E-state index in [1.54, 1.807) is 4.90 Å². The van der Waals surface area contributed by atoms with Crippen LogP contribution in [0.4, 0.5) is 0 Å². The lowest BCUT2D eigenvalue weighted by atomic mass is 9.56. The second-order valence-electron chi connectivity index (χ2n) is 8.09. The van der Waals surface area contributed by atoms with E-state index in [0.29, 0.717) is 12.5 Å². The van der Waals surface area contributed by atoms with Crippen LogP contribution in [0, 0.1) is 11.3 Å². The predicted molar refractivity (Wildman–Crippen MR) is 99.5 cm³/mol. The summed E-state index contributed by atoms with van der Waals surface area (Å²) in [5, 5.41) is 0. The van der Waals surface area contributed by atoms with E-state index in [-0.39, 0.29) is 17.7 Å². The van der Waals surface area contributed by atoms with Crippen molar-refractivity contribution in [1.29, 1.82) is 0 Å². The molecule has 2 amide bonds. The molecular weight excluding hydrogens is 322 g/mol. The van der Waals surface area contributed by atoms with Crippen molar-refractivity contribution in [2.24, 2.45) is 11.3 Å². The minimum Gasteiger partial charge on any atom is -0.282 e. The summed E-state index contributed by atoms with van der Waals surface area (Å²) >= 11 is 0. The van der Waals surface area contributed by atoms with Crippen LogP contribution in [-0.2, 0) is 22.4 Å². The quantitative estimate of drug-likeness (QED) is 0.795. The van der Waals surface area contributed by atoms with Crippen LogP contribution in [0.15, 0.2) is 54.6 Å². The lowest BCUT2D eigenvalue weighted by molar-refractivity contribution is -0.141. The number of amides is 2. The normalized spacial score (nSPS) is 29.5. The minimum absolute atomic E-state index is 0.0729. The summed E-state index contributed by atoms with van der Waals surface area (Å²) in [5.74, 6) is 0.476. The predicted octanol–water partition coefficient (Wildman–Crippen LogP) is 3.72. The molecule has 2 aromatic rings. The Bertz CT molecular complexity index is 875. The highest BCUT2D eigenvalue weighted by Gasteiger charge is 2.62. The highest BCUT2D eigenvalue weighted by atomic mass is 16.2. The van der Waals surface area contributed by atoms with E-state index in [0.717, 1.165) is 32.1 Å². The number of likely N-dealkylation sites (tertiary alicyclic amines) is 1. The Kier molecular flexibility index (Phi) is 3.53. The molecule has 2 fully saturated rings. The molecule has 0 N–H and O–H groups in total. The molecule has 3 atom stereocenters. The van der Waals surface area contributed by atoms with Crippen molar-refractivity contribution in [3.05, 3.63) is 71.3 Å². The van der Waals surface area contributed by atoms with Gasteiger partial charge in [0.15, 0.2) is 0 Å². The van der Waals surface area contributed by atoms with Gasteiger partial charge < -0.3 is 0 Å². The summed E-state index contributed by atoms with van der Waals surface area (Å²) in [7, 11) is 0.